The van der Waals surface area contributed by atoms with Gasteiger partial charge in [-0.15, -0.1) is 11.6 Å². The van der Waals surface area contributed by atoms with Crippen molar-refractivity contribution in [1.82, 2.24) is 0 Å². The lowest BCUT2D eigenvalue weighted by Gasteiger charge is -2.40. The predicted molar refractivity (Wildman–Crippen MR) is 122 cm³/mol. The van der Waals surface area contributed by atoms with E-state index >= 15 is 0 Å². The van der Waals surface area contributed by atoms with Gasteiger partial charge in [0.1, 0.15) is 0 Å². The summed E-state index contributed by atoms with van der Waals surface area (Å²) < 4.78 is 0. The van der Waals surface area contributed by atoms with Crippen molar-refractivity contribution in [3.63, 3.8) is 0 Å². The van der Waals surface area contributed by atoms with Gasteiger partial charge < -0.3 is 0 Å². The van der Waals surface area contributed by atoms with Gasteiger partial charge in [-0.25, -0.2) is 0 Å². The highest BCUT2D eigenvalue weighted by atomic mass is 35.5. The SMILES string of the molecule is CCCCCCCC(Cl)C(c1ccccc1)(c1ccccc1)c1ccccc1. The van der Waals surface area contributed by atoms with Crippen molar-refractivity contribution in [1.29, 1.82) is 0 Å². The molecule has 0 aliphatic rings. The lowest BCUT2D eigenvalue weighted by molar-refractivity contribution is 0.506. The minimum atomic E-state index is -0.351. The Labute approximate surface area is 175 Å². The summed E-state index contributed by atoms with van der Waals surface area (Å²) in [5, 5.41) is -0.0127. The van der Waals surface area contributed by atoms with Crippen LogP contribution in [-0.2, 0) is 5.41 Å². The summed E-state index contributed by atoms with van der Waals surface area (Å²) in [6.07, 6.45) is 7.31. The molecule has 3 rings (SSSR count). The van der Waals surface area contributed by atoms with Crippen LogP contribution in [0.5, 0.6) is 0 Å². The van der Waals surface area contributed by atoms with Crippen LogP contribution in [0.15, 0.2) is 91.0 Å². The minimum Gasteiger partial charge on any atom is -0.121 e. The Morgan fingerprint density at radius 2 is 1.00 bits per heavy atom. The van der Waals surface area contributed by atoms with Crippen LogP contribution in [0, 0.1) is 0 Å². The number of rotatable bonds is 10. The first-order valence-electron chi connectivity index (χ1n) is 10.6. The molecule has 0 saturated heterocycles. The molecule has 0 heterocycles. The molecule has 0 bridgehead atoms. The molecule has 1 heteroatoms. The van der Waals surface area contributed by atoms with Crippen LogP contribution in [0.2, 0.25) is 0 Å². The fourth-order valence-electron chi connectivity index (χ4n) is 4.29. The Kier molecular flexibility index (Phi) is 7.74. The van der Waals surface area contributed by atoms with E-state index in [2.05, 4.69) is 97.9 Å². The van der Waals surface area contributed by atoms with Crippen LogP contribution < -0.4 is 0 Å². The molecular formula is C27H31Cl. The monoisotopic (exact) mass is 390 g/mol. The highest BCUT2D eigenvalue weighted by Crippen LogP contribution is 2.46. The summed E-state index contributed by atoms with van der Waals surface area (Å²) in [4.78, 5) is 0. The van der Waals surface area contributed by atoms with Gasteiger partial charge in [0.05, 0.1) is 10.8 Å². The second kappa shape index (κ2) is 10.5. The van der Waals surface area contributed by atoms with Crippen molar-refractivity contribution in [2.75, 3.05) is 0 Å². The summed E-state index contributed by atoms with van der Waals surface area (Å²) in [6, 6.07) is 32.4. The maximum atomic E-state index is 7.32. The number of unbranched alkanes of at least 4 members (excludes halogenated alkanes) is 4. The van der Waals surface area contributed by atoms with Gasteiger partial charge in [0.15, 0.2) is 0 Å². The third-order valence-electron chi connectivity index (χ3n) is 5.72. The first-order chi connectivity index (χ1) is 13.8. The molecule has 0 aromatic heterocycles. The molecule has 0 radical (unpaired) electrons. The summed E-state index contributed by atoms with van der Waals surface area (Å²) >= 11 is 7.32. The fourth-order valence-corrected chi connectivity index (χ4v) is 4.82. The maximum Gasteiger partial charge on any atom is 0.0614 e. The molecule has 0 saturated carbocycles. The average Bonchev–Trinajstić information content (AvgIpc) is 2.76. The number of hydrogen-bond acceptors (Lipinski definition) is 0. The Hall–Kier alpha value is -2.05. The van der Waals surface area contributed by atoms with Gasteiger partial charge in [-0.1, -0.05) is 130 Å². The summed E-state index contributed by atoms with van der Waals surface area (Å²) in [6.45, 7) is 2.26. The van der Waals surface area contributed by atoms with E-state index in [9.17, 15) is 0 Å². The minimum absolute atomic E-state index is 0.0127. The number of alkyl halides is 1. The lowest BCUT2D eigenvalue weighted by Crippen LogP contribution is -2.39. The van der Waals surface area contributed by atoms with Crippen LogP contribution in [0.4, 0.5) is 0 Å². The van der Waals surface area contributed by atoms with E-state index < -0.39 is 0 Å². The van der Waals surface area contributed by atoms with Gasteiger partial charge in [-0.05, 0) is 23.1 Å². The topological polar surface area (TPSA) is 0 Å². The zero-order valence-corrected chi connectivity index (χ0v) is 17.6. The standard InChI is InChI=1S/C27H31Cl/c1-2-3-4-5-15-22-26(28)27(23-16-9-6-10-17-23,24-18-11-7-12-19-24)25-20-13-8-14-21-25/h6-14,16-21,26H,2-5,15,22H2,1H3. The van der Waals surface area contributed by atoms with Gasteiger partial charge >= 0.3 is 0 Å². The molecule has 1 atom stereocenters. The number of hydrogen-bond donors (Lipinski definition) is 0. The molecule has 0 nitrogen and oxygen atoms in total. The van der Waals surface area contributed by atoms with Crippen molar-refractivity contribution in [3.8, 4) is 0 Å². The summed E-state index contributed by atoms with van der Waals surface area (Å²) in [5.74, 6) is 0. The van der Waals surface area contributed by atoms with E-state index in [4.69, 9.17) is 11.6 Å². The van der Waals surface area contributed by atoms with Crippen molar-refractivity contribution < 1.29 is 0 Å². The number of benzene rings is 3. The van der Waals surface area contributed by atoms with Crippen LogP contribution in [-0.4, -0.2) is 5.38 Å². The van der Waals surface area contributed by atoms with Crippen molar-refractivity contribution >= 4 is 11.6 Å². The van der Waals surface area contributed by atoms with Crippen LogP contribution in [0.3, 0.4) is 0 Å². The van der Waals surface area contributed by atoms with Crippen LogP contribution >= 0.6 is 11.6 Å². The second-order valence-electron chi connectivity index (χ2n) is 7.58. The molecule has 0 spiro atoms. The largest absolute Gasteiger partial charge is 0.121 e. The first kappa shape index (κ1) is 20.7. The molecule has 3 aromatic rings. The molecule has 0 N–H and O–H groups in total. The highest BCUT2D eigenvalue weighted by molar-refractivity contribution is 6.22. The molecule has 1 unspecified atom stereocenters. The van der Waals surface area contributed by atoms with E-state index in [0.29, 0.717) is 0 Å². The third kappa shape index (κ3) is 4.50. The van der Waals surface area contributed by atoms with E-state index in [1.807, 2.05) is 0 Å². The Bertz CT molecular complexity index is 699. The smallest absolute Gasteiger partial charge is 0.0614 e. The Balaban J connectivity index is 2.06. The van der Waals surface area contributed by atoms with E-state index in [1.54, 1.807) is 0 Å². The normalized spacial score (nSPS) is 12.6. The van der Waals surface area contributed by atoms with Crippen LogP contribution in [0.1, 0.15) is 62.1 Å². The van der Waals surface area contributed by atoms with Crippen molar-refractivity contribution in [3.05, 3.63) is 108 Å². The van der Waals surface area contributed by atoms with Gasteiger partial charge in [0, 0.05) is 0 Å². The lowest BCUT2D eigenvalue weighted by atomic mass is 9.66. The van der Waals surface area contributed by atoms with E-state index in [0.717, 1.165) is 6.42 Å². The predicted octanol–water partition coefficient (Wildman–Crippen LogP) is 7.99. The molecule has 0 amide bonds. The highest BCUT2D eigenvalue weighted by Gasteiger charge is 2.42. The van der Waals surface area contributed by atoms with Crippen molar-refractivity contribution in [2.45, 2.75) is 56.2 Å². The molecule has 3 aromatic carbocycles. The second-order valence-corrected chi connectivity index (χ2v) is 8.10. The van der Waals surface area contributed by atoms with Crippen LogP contribution in [0.25, 0.3) is 0 Å². The molecule has 28 heavy (non-hydrogen) atoms. The Morgan fingerprint density at radius 3 is 1.39 bits per heavy atom. The van der Waals surface area contributed by atoms with Gasteiger partial charge in [-0.2, -0.15) is 0 Å². The molecule has 0 aliphatic carbocycles. The molecule has 0 aliphatic heterocycles. The van der Waals surface area contributed by atoms with Gasteiger partial charge in [0.25, 0.3) is 0 Å². The molecular weight excluding hydrogens is 360 g/mol. The molecule has 0 fully saturated rings. The van der Waals surface area contributed by atoms with E-state index in [-0.39, 0.29) is 10.8 Å². The Morgan fingerprint density at radius 1 is 0.607 bits per heavy atom. The zero-order valence-electron chi connectivity index (χ0n) is 16.9. The summed E-state index contributed by atoms with van der Waals surface area (Å²) in [5.41, 5.74) is 3.44. The quantitative estimate of drug-likeness (QED) is 0.187. The first-order valence-corrected chi connectivity index (χ1v) is 11.0. The number of halogens is 1. The maximum absolute atomic E-state index is 7.32. The zero-order chi connectivity index (χ0) is 19.7. The fraction of sp³-hybridized carbons (Fsp3) is 0.333. The summed E-state index contributed by atoms with van der Waals surface area (Å²) in [7, 11) is 0. The third-order valence-corrected chi connectivity index (χ3v) is 6.26. The molecule has 146 valence electrons. The average molecular weight is 391 g/mol. The van der Waals surface area contributed by atoms with Crippen molar-refractivity contribution in [2.24, 2.45) is 0 Å². The van der Waals surface area contributed by atoms with Gasteiger partial charge in [0.2, 0.25) is 0 Å². The van der Waals surface area contributed by atoms with Gasteiger partial charge in [-0.3, -0.25) is 0 Å². The van der Waals surface area contributed by atoms with E-state index in [1.165, 1.54) is 48.8 Å².